The van der Waals surface area contributed by atoms with Gasteiger partial charge in [0, 0.05) is 5.69 Å². The highest BCUT2D eigenvalue weighted by Crippen LogP contribution is 2.21. The Morgan fingerprint density at radius 3 is 2.47 bits per heavy atom. The van der Waals surface area contributed by atoms with Gasteiger partial charge in [-0.2, -0.15) is 13.2 Å². The lowest BCUT2D eigenvalue weighted by Gasteiger charge is -2.09. The van der Waals surface area contributed by atoms with E-state index in [0.29, 0.717) is 5.56 Å². The molecule has 0 saturated heterocycles. The van der Waals surface area contributed by atoms with Crippen LogP contribution in [-0.2, 0) is 4.79 Å². The summed E-state index contributed by atoms with van der Waals surface area (Å²) >= 11 is 0. The molecule has 1 aromatic rings. The third-order valence-electron chi connectivity index (χ3n) is 1.71. The minimum absolute atomic E-state index is 0.183. The molecule has 82 valence electrons. The van der Waals surface area contributed by atoms with Crippen LogP contribution < -0.4 is 5.32 Å². The summed E-state index contributed by atoms with van der Waals surface area (Å²) in [6.45, 7) is 1.46. The number of amides is 1. The summed E-state index contributed by atoms with van der Waals surface area (Å²) in [4.78, 5) is 10.5. The second-order valence-corrected chi connectivity index (χ2v) is 2.91. The van der Waals surface area contributed by atoms with Gasteiger partial charge in [-0.15, -0.1) is 0 Å². The van der Waals surface area contributed by atoms with E-state index < -0.39 is 17.9 Å². The van der Waals surface area contributed by atoms with Gasteiger partial charge in [0.1, 0.15) is 5.82 Å². The number of anilines is 1. The van der Waals surface area contributed by atoms with E-state index in [9.17, 15) is 22.4 Å². The van der Waals surface area contributed by atoms with Crippen LogP contribution in [0.5, 0.6) is 0 Å². The Morgan fingerprint density at radius 1 is 1.33 bits per heavy atom. The third kappa shape index (κ3) is 2.93. The van der Waals surface area contributed by atoms with Crippen LogP contribution in [0, 0.1) is 12.7 Å². The maximum atomic E-state index is 12.7. The zero-order valence-corrected chi connectivity index (χ0v) is 7.65. The maximum absolute atomic E-state index is 12.7. The van der Waals surface area contributed by atoms with Crippen molar-refractivity contribution < 1.29 is 22.4 Å². The molecule has 0 spiro atoms. The highest BCUT2D eigenvalue weighted by atomic mass is 19.4. The summed E-state index contributed by atoms with van der Waals surface area (Å²) in [7, 11) is 0. The number of nitrogens with one attached hydrogen (secondary N) is 1. The zero-order chi connectivity index (χ0) is 11.6. The molecular formula is C9H7F4NO. The summed E-state index contributed by atoms with van der Waals surface area (Å²) in [6.07, 6.45) is -4.97. The lowest BCUT2D eigenvalue weighted by Crippen LogP contribution is -2.30. The van der Waals surface area contributed by atoms with E-state index in [1.165, 1.54) is 13.0 Å². The van der Waals surface area contributed by atoms with E-state index in [0.717, 1.165) is 12.1 Å². The normalized spacial score (nSPS) is 11.3. The van der Waals surface area contributed by atoms with Crippen LogP contribution in [0.2, 0.25) is 0 Å². The predicted molar refractivity (Wildman–Crippen MR) is 45.8 cm³/mol. The molecule has 0 aliphatic heterocycles. The first-order valence-corrected chi connectivity index (χ1v) is 3.95. The van der Waals surface area contributed by atoms with Crippen molar-refractivity contribution in [2.75, 3.05) is 5.32 Å². The Morgan fingerprint density at radius 2 is 1.93 bits per heavy atom. The summed E-state index contributed by atoms with van der Waals surface area (Å²) in [5.41, 5.74) is 0.173. The number of benzene rings is 1. The average molecular weight is 221 g/mol. The van der Waals surface area contributed by atoms with Gasteiger partial charge in [0.05, 0.1) is 0 Å². The Balaban J connectivity index is 2.90. The molecule has 0 aliphatic carbocycles. The molecule has 0 aromatic heterocycles. The fourth-order valence-corrected chi connectivity index (χ4v) is 0.922. The monoisotopic (exact) mass is 221 g/mol. The highest BCUT2D eigenvalue weighted by molar-refractivity contribution is 5.95. The minimum atomic E-state index is -4.97. The summed E-state index contributed by atoms with van der Waals surface area (Å²) in [5.74, 6) is -2.82. The van der Waals surface area contributed by atoms with E-state index in [-0.39, 0.29) is 5.69 Å². The van der Waals surface area contributed by atoms with Crippen LogP contribution in [0.1, 0.15) is 5.56 Å². The van der Waals surface area contributed by atoms with Crippen molar-refractivity contribution in [3.05, 3.63) is 29.6 Å². The van der Waals surface area contributed by atoms with Crippen LogP contribution in [0.15, 0.2) is 18.2 Å². The molecule has 0 radical (unpaired) electrons. The van der Waals surface area contributed by atoms with Gasteiger partial charge < -0.3 is 5.32 Å². The molecule has 0 aliphatic rings. The lowest BCUT2D eigenvalue weighted by atomic mass is 10.2. The number of rotatable bonds is 1. The highest BCUT2D eigenvalue weighted by Gasteiger charge is 2.38. The van der Waals surface area contributed by atoms with Crippen LogP contribution in [0.25, 0.3) is 0 Å². The van der Waals surface area contributed by atoms with E-state index in [1.807, 2.05) is 0 Å². The predicted octanol–water partition coefficient (Wildman–Crippen LogP) is 2.63. The number of carbonyl (C=O) groups is 1. The molecule has 6 heteroatoms. The zero-order valence-electron chi connectivity index (χ0n) is 7.65. The van der Waals surface area contributed by atoms with Crippen molar-refractivity contribution in [3.8, 4) is 0 Å². The Kier molecular flexibility index (Phi) is 2.97. The first kappa shape index (κ1) is 11.5. The summed E-state index contributed by atoms with van der Waals surface area (Å²) in [5, 5.41) is 1.59. The molecule has 15 heavy (non-hydrogen) atoms. The van der Waals surface area contributed by atoms with Crippen LogP contribution in [0.4, 0.5) is 23.2 Å². The molecule has 1 aromatic carbocycles. The van der Waals surface area contributed by atoms with Gasteiger partial charge in [-0.25, -0.2) is 4.39 Å². The molecule has 1 rings (SSSR count). The largest absolute Gasteiger partial charge is 0.471 e. The fraction of sp³-hybridized carbons (Fsp3) is 0.222. The first-order chi connectivity index (χ1) is 6.80. The van der Waals surface area contributed by atoms with Gasteiger partial charge in [0.25, 0.3) is 0 Å². The average Bonchev–Trinajstić information content (AvgIpc) is 2.09. The quantitative estimate of drug-likeness (QED) is 0.725. The number of carbonyl (C=O) groups excluding carboxylic acids is 1. The van der Waals surface area contributed by atoms with Crippen LogP contribution in [-0.4, -0.2) is 12.1 Å². The van der Waals surface area contributed by atoms with Gasteiger partial charge in [-0.05, 0) is 24.6 Å². The van der Waals surface area contributed by atoms with Crippen molar-refractivity contribution in [2.45, 2.75) is 13.1 Å². The number of aryl methyl sites for hydroxylation is 1. The molecule has 0 saturated carbocycles. The standard InChI is InChI=1S/C9H7F4NO/c1-5-2-3-6(10)4-7(5)14-8(15)9(11,12)13/h2-4H,1H3,(H,14,15). The first-order valence-electron chi connectivity index (χ1n) is 3.95. The molecule has 1 N–H and O–H groups in total. The Bertz CT molecular complexity index is 386. The van der Waals surface area contributed by atoms with Crippen molar-refractivity contribution in [3.63, 3.8) is 0 Å². The van der Waals surface area contributed by atoms with E-state index in [2.05, 4.69) is 0 Å². The second-order valence-electron chi connectivity index (χ2n) is 2.91. The molecule has 0 atom stereocenters. The van der Waals surface area contributed by atoms with E-state index in [4.69, 9.17) is 0 Å². The van der Waals surface area contributed by atoms with Gasteiger partial charge in [0.2, 0.25) is 0 Å². The van der Waals surface area contributed by atoms with Crippen LogP contribution >= 0.6 is 0 Å². The Labute approximate surface area is 82.9 Å². The van der Waals surface area contributed by atoms with Gasteiger partial charge in [0.15, 0.2) is 0 Å². The topological polar surface area (TPSA) is 29.1 Å². The fourth-order valence-electron chi connectivity index (χ4n) is 0.922. The van der Waals surface area contributed by atoms with Crippen LogP contribution in [0.3, 0.4) is 0 Å². The van der Waals surface area contributed by atoms with Crippen molar-refractivity contribution in [1.29, 1.82) is 0 Å². The van der Waals surface area contributed by atoms with Crippen molar-refractivity contribution in [1.82, 2.24) is 0 Å². The molecule has 0 unspecified atom stereocenters. The number of hydrogen-bond donors (Lipinski definition) is 1. The SMILES string of the molecule is Cc1ccc(F)cc1NC(=O)C(F)(F)F. The van der Waals surface area contributed by atoms with Gasteiger partial charge in [-0.3, -0.25) is 4.79 Å². The molecular weight excluding hydrogens is 214 g/mol. The number of halogens is 4. The molecule has 0 fully saturated rings. The second kappa shape index (κ2) is 3.88. The van der Waals surface area contributed by atoms with E-state index >= 15 is 0 Å². The number of hydrogen-bond acceptors (Lipinski definition) is 1. The number of alkyl halides is 3. The van der Waals surface area contributed by atoms with Gasteiger partial charge >= 0.3 is 12.1 Å². The summed E-state index contributed by atoms with van der Waals surface area (Å²) in [6, 6.07) is 3.21. The van der Waals surface area contributed by atoms with Crippen molar-refractivity contribution in [2.24, 2.45) is 0 Å². The third-order valence-corrected chi connectivity index (χ3v) is 1.71. The molecule has 2 nitrogen and oxygen atoms in total. The molecule has 0 heterocycles. The van der Waals surface area contributed by atoms with Gasteiger partial charge in [-0.1, -0.05) is 6.07 Å². The van der Waals surface area contributed by atoms with E-state index in [1.54, 1.807) is 5.32 Å². The lowest BCUT2D eigenvalue weighted by molar-refractivity contribution is -0.167. The minimum Gasteiger partial charge on any atom is -0.318 e. The molecule has 0 bridgehead atoms. The summed E-state index contributed by atoms with van der Waals surface area (Å²) < 4.78 is 48.2. The Hall–Kier alpha value is -1.59. The smallest absolute Gasteiger partial charge is 0.318 e. The molecule has 1 amide bonds. The van der Waals surface area contributed by atoms with Crippen molar-refractivity contribution >= 4 is 11.6 Å². The maximum Gasteiger partial charge on any atom is 0.471 e.